The van der Waals surface area contributed by atoms with Crippen molar-refractivity contribution in [1.82, 2.24) is 9.88 Å². The average molecular weight is 449 g/mol. The monoisotopic (exact) mass is 448 g/mol. The van der Waals surface area contributed by atoms with E-state index in [0.717, 1.165) is 40.9 Å². The number of aryl methyl sites for hydroxylation is 1. The number of hydrogen-bond acceptors (Lipinski definition) is 4. The van der Waals surface area contributed by atoms with Crippen LogP contribution in [0.15, 0.2) is 77.7 Å². The molecule has 170 valence electrons. The standard InChI is InChI=1S/C29H28N4O/c1-19-16-33(25-13-11-24(12-14-25)32-17-20(2)31-21(3)18-32)29(34)27-6-4-5-26(28(19)27)23-9-7-22(15-30)8-10-23/h4-14,16,20-21,31H,17-18H2,1-3H3. The number of rotatable bonds is 3. The number of benzene rings is 3. The van der Waals surface area contributed by atoms with E-state index < -0.39 is 0 Å². The maximum atomic E-state index is 13.5. The molecule has 0 spiro atoms. The molecule has 5 nitrogen and oxygen atoms in total. The van der Waals surface area contributed by atoms with E-state index in [2.05, 4.69) is 42.3 Å². The number of fused-ring (bicyclic) bond motifs is 1. The molecule has 1 saturated heterocycles. The quantitative estimate of drug-likeness (QED) is 0.478. The number of nitrogens with one attached hydrogen (secondary N) is 1. The van der Waals surface area contributed by atoms with Crippen molar-refractivity contribution in [2.24, 2.45) is 0 Å². The fourth-order valence-electron chi connectivity index (χ4n) is 5.12. The Labute approximate surface area is 199 Å². The maximum Gasteiger partial charge on any atom is 0.262 e. The van der Waals surface area contributed by atoms with E-state index in [1.165, 1.54) is 5.69 Å². The van der Waals surface area contributed by atoms with Gasteiger partial charge in [0.05, 0.1) is 11.6 Å². The van der Waals surface area contributed by atoms with E-state index >= 15 is 0 Å². The minimum atomic E-state index is -0.0340. The second-order valence-electron chi connectivity index (χ2n) is 9.29. The van der Waals surface area contributed by atoms with Crippen molar-refractivity contribution < 1.29 is 0 Å². The van der Waals surface area contributed by atoms with Crippen molar-refractivity contribution in [3.05, 3.63) is 94.4 Å². The van der Waals surface area contributed by atoms with Crippen LogP contribution in [0.4, 0.5) is 5.69 Å². The van der Waals surface area contributed by atoms with Gasteiger partial charge in [0.15, 0.2) is 0 Å². The lowest BCUT2D eigenvalue weighted by atomic mass is 9.96. The summed E-state index contributed by atoms with van der Waals surface area (Å²) in [4.78, 5) is 15.9. The van der Waals surface area contributed by atoms with E-state index in [1.54, 1.807) is 4.57 Å². The number of nitrogens with zero attached hydrogens (tertiary/aromatic N) is 3. The molecular weight excluding hydrogens is 420 g/mol. The molecule has 2 heterocycles. The zero-order chi connectivity index (χ0) is 23.8. The highest BCUT2D eigenvalue weighted by Gasteiger charge is 2.21. The lowest BCUT2D eigenvalue weighted by Gasteiger charge is -2.37. The summed E-state index contributed by atoms with van der Waals surface area (Å²) < 4.78 is 1.74. The highest BCUT2D eigenvalue weighted by atomic mass is 16.1. The van der Waals surface area contributed by atoms with Gasteiger partial charge in [-0.25, -0.2) is 0 Å². The molecule has 5 rings (SSSR count). The lowest BCUT2D eigenvalue weighted by Crippen LogP contribution is -2.54. The Hall–Kier alpha value is -3.88. The maximum absolute atomic E-state index is 13.5. The molecule has 1 aliphatic rings. The lowest BCUT2D eigenvalue weighted by molar-refractivity contribution is 0.407. The van der Waals surface area contributed by atoms with Crippen LogP contribution in [0.3, 0.4) is 0 Å². The van der Waals surface area contributed by atoms with Crippen LogP contribution < -0.4 is 15.8 Å². The number of piperazine rings is 1. The highest BCUT2D eigenvalue weighted by molar-refractivity contribution is 5.98. The van der Waals surface area contributed by atoms with Crippen molar-refractivity contribution in [3.63, 3.8) is 0 Å². The molecule has 4 aromatic rings. The van der Waals surface area contributed by atoms with Crippen molar-refractivity contribution in [1.29, 1.82) is 5.26 Å². The minimum Gasteiger partial charge on any atom is -0.368 e. The third-order valence-corrected chi connectivity index (χ3v) is 6.61. The highest BCUT2D eigenvalue weighted by Crippen LogP contribution is 2.30. The van der Waals surface area contributed by atoms with Crippen LogP contribution in [0.2, 0.25) is 0 Å². The molecule has 1 aliphatic heterocycles. The first kappa shape index (κ1) is 21.9. The van der Waals surface area contributed by atoms with E-state index in [-0.39, 0.29) is 5.56 Å². The topological polar surface area (TPSA) is 61.1 Å². The Kier molecular flexibility index (Phi) is 5.69. The molecule has 2 atom stereocenters. The Bertz CT molecular complexity index is 1440. The summed E-state index contributed by atoms with van der Waals surface area (Å²) in [6.45, 7) is 8.40. The van der Waals surface area contributed by atoms with Gasteiger partial charge in [0.1, 0.15) is 0 Å². The summed E-state index contributed by atoms with van der Waals surface area (Å²) in [7, 11) is 0. The van der Waals surface area contributed by atoms with Crippen molar-refractivity contribution in [2.45, 2.75) is 32.9 Å². The van der Waals surface area contributed by atoms with Gasteiger partial charge in [0.2, 0.25) is 0 Å². The summed E-state index contributed by atoms with van der Waals surface area (Å²) in [6, 6.07) is 24.7. The predicted octanol–water partition coefficient (Wildman–Crippen LogP) is 5.02. The van der Waals surface area contributed by atoms with Crippen molar-refractivity contribution in [3.8, 4) is 22.9 Å². The van der Waals surface area contributed by atoms with Crippen molar-refractivity contribution in [2.75, 3.05) is 18.0 Å². The normalized spacial score (nSPS) is 18.1. The number of pyridine rings is 1. The molecule has 0 bridgehead atoms. The second-order valence-corrected chi connectivity index (χ2v) is 9.29. The molecular formula is C29H28N4O. The largest absolute Gasteiger partial charge is 0.368 e. The van der Waals surface area contributed by atoms with Crippen LogP contribution >= 0.6 is 0 Å². The summed E-state index contributed by atoms with van der Waals surface area (Å²) in [5.74, 6) is 0. The SMILES string of the molecule is Cc1cn(-c2ccc(N3CC(C)NC(C)C3)cc2)c(=O)c2cccc(-c3ccc(C#N)cc3)c12. The third-order valence-electron chi connectivity index (χ3n) is 6.61. The Balaban J connectivity index is 1.55. The fourth-order valence-corrected chi connectivity index (χ4v) is 5.12. The first-order chi connectivity index (χ1) is 16.4. The summed E-state index contributed by atoms with van der Waals surface area (Å²) >= 11 is 0. The molecule has 0 aliphatic carbocycles. The van der Waals surface area contributed by atoms with Gasteiger partial charge in [-0.15, -0.1) is 0 Å². The van der Waals surface area contributed by atoms with Crippen molar-refractivity contribution >= 4 is 16.5 Å². The van der Waals surface area contributed by atoms with E-state index in [9.17, 15) is 4.79 Å². The zero-order valence-electron chi connectivity index (χ0n) is 19.7. The van der Waals surface area contributed by atoms with E-state index in [1.807, 2.05) is 67.7 Å². The molecule has 5 heteroatoms. The first-order valence-corrected chi connectivity index (χ1v) is 11.7. The second kappa shape index (κ2) is 8.81. The van der Waals surface area contributed by atoms with Gasteiger partial charge in [-0.1, -0.05) is 24.3 Å². The minimum absolute atomic E-state index is 0.0340. The molecule has 2 unspecified atom stereocenters. The average Bonchev–Trinajstić information content (AvgIpc) is 2.85. The fraction of sp³-hybridized carbons (Fsp3) is 0.241. The zero-order valence-corrected chi connectivity index (χ0v) is 19.7. The molecule has 0 saturated carbocycles. The van der Waals surface area contributed by atoms with Gasteiger partial charge in [0, 0.05) is 48.1 Å². The molecule has 1 aromatic heterocycles. The smallest absolute Gasteiger partial charge is 0.262 e. The third kappa shape index (κ3) is 3.98. The Morgan fingerprint density at radius 2 is 1.56 bits per heavy atom. The van der Waals surface area contributed by atoms with Gasteiger partial charge in [-0.3, -0.25) is 9.36 Å². The molecule has 34 heavy (non-hydrogen) atoms. The van der Waals surface area contributed by atoms with Crippen LogP contribution in [0.5, 0.6) is 0 Å². The predicted molar refractivity (Wildman–Crippen MR) is 139 cm³/mol. The van der Waals surface area contributed by atoms with Crippen LogP contribution in [0.1, 0.15) is 25.0 Å². The van der Waals surface area contributed by atoms with E-state index in [4.69, 9.17) is 5.26 Å². The van der Waals surface area contributed by atoms with Crippen LogP contribution in [0, 0.1) is 18.3 Å². The number of hydrogen-bond donors (Lipinski definition) is 1. The van der Waals surface area contributed by atoms with Crippen LogP contribution in [0.25, 0.3) is 27.6 Å². The molecule has 3 aromatic carbocycles. The Morgan fingerprint density at radius 1 is 0.912 bits per heavy atom. The van der Waals surface area contributed by atoms with E-state index in [0.29, 0.717) is 23.0 Å². The summed E-state index contributed by atoms with van der Waals surface area (Å²) in [5, 5.41) is 14.3. The first-order valence-electron chi connectivity index (χ1n) is 11.7. The van der Waals surface area contributed by atoms with Gasteiger partial charge in [-0.05, 0) is 85.3 Å². The molecule has 0 radical (unpaired) electrons. The molecule has 1 N–H and O–H groups in total. The number of nitriles is 1. The van der Waals surface area contributed by atoms with Gasteiger partial charge in [0.25, 0.3) is 5.56 Å². The number of aromatic nitrogens is 1. The summed E-state index contributed by atoms with van der Waals surface area (Å²) in [5.41, 5.74) is 5.65. The van der Waals surface area contributed by atoms with Gasteiger partial charge in [-0.2, -0.15) is 5.26 Å². The van der Waals surface area contributed by atoms with Gasteiger partial charge >= 0.3 is 0 Å². The van der Waals surface area contributed by atoms with Crippen LogP contribution in [-0.4, -0.2) is 29.7 Å². The number of anilines is 1. The Morgan fingerprint density at radius 3 is 2.21 bits per heavy atom. The van der Waals surface area contributed by atoms with Gasteiger partial charge < -0.3 is 10.2 Å². The molecule has 1 fully saturated rings. The molecule has 0 amide bonds. The summed E-state index contributed by atoms with van der Waals surface area (Å²) in [6.07, 6.45) is 1.93. The van der Waals surface area contributed by atoms with Crippen LogP contribution in [-0.2, 0) is 0 Å².